The summed E-state index contributed by atoms with van der Waals surface area (Å²) in [5, 5.41) is 10.1. The van der Waals surface area contributed by atoms with Gasteiger partial charge in [0.05, 0.1) is 39.6 Å². The number of carbonyl (C=O) groups is 4. The maximum Gasteiger partial charge on any atom is 0.241 e. The van der Waals surface area contributed by atoms with Crippen LogP contribution in [0, 0.1) is 41.8 Å². The lowest BCUT2D eigenvalue weighted by Gasteiger charge is -2.49. The molecule has 0 spiro atoms. The van der Waals surface area contributed by atoms with Crippen molar-refractivity contribution >= 4 is 52.7 Å². The molecule has 7 rings (SSSR count). The van der Waals surface area contributed by atoms with Gasteiger partial charge in [-0.25, -0.2) is 9.29 Å². The zero-order valence-corrected chi connectivity index (χ0v) is 25.4. The van der Waals surface area contributed by atoms with Gasteiger partial charge in [-0.3, -0.25) is 24.1 Å². The number of nitrogens with zero attached hydrogens (tertiary/aromatic N) is 2. The van der Waals surface area contributed by atoms with Crippen molar-refractivity contribution in [3.63, 3.8) is 0 Å². The van der Waals surface area contributed by atoms with Gasteiger partial charge >= 0.3 is 0 Å². The molecule has 6 unspecified atom stereocenters. The lowest BCUT2D eigenvalue weighted by atomic mass is 9.51. The van der Waals surface area contributed by atoms with Crippen LogP contribution < -0.4 is 9.80 Å². The summed E-state index contributed by atoms with van der Waals surface area (Å²) in [6, 6.07) is 15.9. The number of imide groups is 2. The van der Waals surface area contributed by atoms with Crippen LogP contribution in [0.3, 0.4) is 0 Å². The van der Waals surface area contributed by atoms with Gasteiger partial charge in [0, 0.05) is 5.92 Å². The molecular formula is C36H30ClFN2O5. The summed E-state index contributed by atoms with van der Waals surface area (Å²) in [5.74, 6) is -5.34. The quantitative estimate of drug-likeness (QED) is 0.262. The third-order valence-corrected chi connectivity index (χ3v) is 10.7. The lowest BCUT2D eigenvalue weighted by molar-refractivity contribution is -0.131. The molecule has 1 saturated carbocycles. The molecule has 0 bridgehead atoms. The van der Waals surface area contributed by atoms with E-state index in [1.165, 1.54) is 17.0 Å². The number of phenols is 1. The van der Waals surface area contributed by atoms with Gasteiger partial charge in [0.2, 0.25) is 23.6 Å². The Labute approximate surface area is 264 Å². The predicted molar refractivity (Wildman–Crippen MR) is 168 cm³/mol. The zero-order valence-electron chi connectivity index (χ0n) is 24.7. The summed E-state index contributed by atoms with van der Waals surface area (Å²) in [5.41, 5.74) is 2.40. The van der Waals surface area contributed by atoms with Crippen LogP contribution in [0.25, 0.3) is 6.08 Å². The second kappa shape index (κ2) is 10.2. The smallest absolute Gasteiger partial charge is 0.241 e. The number of carbonyl (C=O) groups excluding carboxylic acids is 4. The van der Waals surface area contributed by atoms with E-state index in [0.717, 1.165) is 27.7 Å². The minimum Gasteiger partial charge on any atom is -0.508 e. The number of aryl methyl sites for hydroxylation is 1. The van der Waals surface area contributed by atoms with E-state index in [0.29, 0.717) is 17.7 Å². The van der Waals surface area contributed by atoms with Crippen LogP contribution in [0.15, 0.2) is 78.9 Å². The number of hydrogen-bond donors (Lipinski definition) is 1. The van der Waals surface area contributed by atoms with E-state index in [4.69, 9.17) is 11.6 Å². The van der Waals surface area contributed by atoms with Crippen molar-refractivity contribution < 1.29 is 28.7 Å². The number of aromatic hydroxyl groups is 1. The molecule has 3 aromatic rings. The van der Waals surface area contributed by atoms with Gasteiger partial charge in [0.1, 0.15) is 11.6 Å². The number of phenolic OH excluding ortho intramolecular Hbond substituents is 1. The van der Waals surface area contributed by atoms with Crippen molar-refractivity contribution in [2.75, 3.05) is 9.80 Å². The van der Waals surface area contributed by atoms with E-state index in [2.05, 4.69) is 6.58 Å². The van der Waals surface area contributed by atoms with Gasteiger partial charge in [0.25, 0.3) is 0 Å². The van der Waals surface area contributed by atoms with Crippen LogP contribution in [0.1, 0.15) is 42.4 Å². The van der Waals surface area contributed by atoms with Crippen molar-refractivity contribution in [3.8, 4) is 5.75 Å². The highest BCUT2D eigenvalue weighted by atomic mass is 35.5. The number of fused-ring (bicyclic) bond motifs is 4. The Kier molecular flexibility index (Phi) is 6.64. The maximum absolute atomic E-state index is 14.5. The van der Waals surface area contributed by atoms with E-state index < -0.39 is 52.6 Å². The normalized spacial score (nSPS) is 29.0. The first-order chi connectivity index (χ1) is 21.5. The fraction of sp³-hybridized carbons (Fsp3) is 0.278. The van der Waals surface area contributed by atoms with Crippen molar-refractivity contribution in [3.05, 3.63) is 106 Å². The average molecular weight is 625 g/mol. The molecule has 0 radical (unpaired) electrons. The molecule has 7 nitrogen and oxygen atoms in total. The summed E-state index contributed by atoms with van der Waals surface area (Å²) in [7, 11) is 0. The number of amides is 4. The Hall–Kier alpha value is -4.56. The molecule has 4 amide bonds. The van der Waals surface area contributed by atoms with Crippen molar-refractivity contribution in [1.82, 2.24) is 0 Å². The Balaban J connectivity index is 1.36. The fourth-order valence-electron chi connectivity index (χ4n) is 8.14. The molecular weight excluding hydrogens is 595 g/mol. The molecule has 0 aromatic heterocycles. The Morgan fingerprint density at radius 1 is 0.933 bits per heavy atom. The van der Waals surface area contributed by atoms with E-state index >= 15 is 0 Å². The summed E-state index contributed by atoms with van der Waals surface area (Å²) in [6.45, 7) is 7.29. The van der Waals surface area contributed by atoms with Crippen LogP contribution in [0.4, 0.5) is 15.8 Å². The molecule has 45 heavy (non-hydrogen) atoms. The van der Waals surface area contributed by atoms with Crippen molar-refractivity contribution in [2.45, 2.75) is 32.6 Å². The number of hydrogen-bond acceptors (Lipinski definition) is 5. The van der Waals surface area contributed by atoms with Crippen molar-refractivity contribution in [1.29, 1.82) is 0 Å². The highest BCUT2D eigenvalue weighted by Gasteiger charge is 2.67. The molecule has 2 saturated heterocycles. The molecule has 6 atom stereocenters. The zero-order chi connectivity index (χ0) is 31.9. The van der Waals surface area contributed by atoms with E-state index in [1.807, 2.05) is 12.1 Å². The number of rotatable bonds is 4. The van der Waals surface area contributed by atoms with E-state index in [9.17, 15) is 28.7 Å². The summed E-state index contributed by atoms with van der Waals surface area (Å²) in [4.78, 5) is 59.0. The first-order valence-electron chi connectivity index (χ1n) is 14.9. The minimum absolute atomic E-state index is 0.0941. The number of allylic oxidation sites excluding steroid dienone is 2. The molecule has 1 N–H and O–H groups in total. The third-order valence-electron chi connectivity index (χ3n) is 10.4. The van der Waals surface area contributed by atoms with Crippen molar-refractivity contribution in [2.24, 2.45) is 29.1 Å². The van der Waals surface area contributed by atoms with Crippen LogP contribution in [0.2, 0.25) is 5.02 Å². The molecule has 2 heterocycles. The Morgan fingerprint density at radius 2 is 1.64 bits per heavy atom. The van der Waals surface area contributed by atoms with Gasteiger partial charge in [-0.2, -0.15) is 0 Å². The van der Waals surface area contributed by atoms with Crippen LogP contribution in [-0.4, -0.2) is 28.7 Å². The second-order valence-electron chi connectivity index (χ2n) is 12.6. The maximum atomic E-state index is 14.5. The molecule has 3 fully saturated rings. The van der Waals surface area contributed by atoms with Gasteiger partial charge in [0.15, 0.2) is 0 Å². The van der Waals surface area contributed by atoms with Gasteiger partial charge in [-0.05, 0) is 85.7 Å². The van der Waals surface area contributed by atoms with Gasteiger partial charge in [-0.15, -0.1) is 0 Å². The number of anilines is 2. The van der Waals surface area contributed by atoms with Crippen LogP contribution in [0.5, 0.6) is 5.75 Å². The molecule has 2 aliphatic carbocycles. The van der Waals surface area contributed by atoms with E-state index in [-0.39, 0.29) is 34.7 Å². The summed E-state index contributed by atoms with van der Waals surface area (Å²) >= 11 is 6.07. The highest BCUT2D eigenvalue weighted by molar-refractivity contribution is 6.32. The van der Waals surface area contributed by atoms with Crippen LogP contribution in [-0.2, 0) is 19.2 Å². The molecule has 9 heteroatoms. The average Bonchev–Trinajstić information content (AvgIpc) is 3.39. The second-order valence-corrected chi connectivity index (χ2v) is 13.0. The standard InChI is InChI=1S/C36H30ClFN2O5/c1-4-19-5-8-21(9-6-19)39-32(42)24-12-11-23-25(30(24)34(39)44)17-26-33(43)40(22-10-13-28(38)27(37)16-22)35(45)36(26,3)31(23)20-7-14-29(41)18(2)15-20/h4-11,13-16,24-26,30-31,41H,1,12,17H2,2-3H3. The molecule has 4 aliphatic rings. The number of halogens is 2. The SMILES string of the molecule is C=Cc1ccc(N2C(=O)C3CC=C4C(CC5C(=O)N(c6ccc(F)c(Cl)c6)C(=O)C5(C)C4c4ccc(O)c(C)c4)C3C2=O)cc1. The summed E-state index contributed by atoms with van der Waals surface area (Å²) in [6.07, 6.45) is 4.16. The summed E-state index contributed by atoms with van der Waals surface area (Å²) < 4.78 is 14.1. The third kappa shape index (κ3) is 4.08. The first-order valence-corrected chi connectivity index (χ1v) is 15.3. The predicted octanol–water partition coefficient (Wildman–Crippen LogP) is 6.57. The first kappa shape index (κ1) is 29.2. The fourth-order valence-corrected chi connectivity index (χ4v) is 8.31. The lowest BCUT2D eigenvalue weighted by Crippen LogP contribution is -2.48. The molecule has 228 valence electrons. The largest absolute Gasteiger partial charge is 0.508 e. The molecule has 2 aliphatic heterocycles. The minimum atomic E-state index is -1.26. The van der Waals surface area contributed by atoms with Gasteiger partial charge < -0.3 is 5.11 Å². The monoisotopic (exact) mass is 624 g/mol. The highest BCUT2D eigenvalue weighted by Crippen LogP contribution is 2.64. The van der Waals surface area contributed by atoms with E-state index in [1.54, 1.807) is 56.3 Å². The Morgan fingerprint density at radius 3 is 2.31 bits per heavy atom. The van der Waals surface area contributed by atoms with Gasteiger partial charge in [-0.1, -0.05) is 60.2 Å². The molecule has 3 aromatic carbocycles. The Bertz CT molecular complexity index is 1870. The topological polar surface area (TPSA) is 95.0 Å². The van der Waals surface area contributed by atoms with Crippen LogP contribution >= 0.6 is 11.6 Å². The number of benzene rings is 3.